The molecule has 3 rings (SSSR count). The van der Waals surface area contributed by atoms with E-state index in [2.05, 4.69) is 5.32 Å². The molecular formula is C21H25FN2O3S. The minimum absolute atomic E-state index is 0.0914. The number of hydrogen-bond donors (Lipinski definition) is 1. The Morgan fingerprint density at radius 3 is 2.57 bits per heavy atom. The van der Waals surface area contributed by atoms with E-state index in [1.807, 2.05) is 37.3 Å². The molecule has 0 aromatic heterocycles. The monoisotopic (exact) mass is 404 g/mol. The molecule has 1 saturated heterocycles. The number of aryl methyl sites for hydroxylation is 1. The number of hydrogen-bond acceptors (Lipinski definition) is 3. The van der Waals surface area contributed by atoms with Crippen LogP contribution in [0.3, 0.4) is 0 Å². The normalized spacial score (nSPS) is 18.7. The van der Waals surface area contributed by atoms with E-state index in [0.717, 1.165) is 23.2 Å². The average Bonchev–Trinajstić information content (AvgIpc) is 3.18. The number of nitrogens with zero attached hydrogens (tertiary/aromatic N) is 1. The van der Waals surface area contributed by atoms with Crippen LogP contribution in [0.15, 0.2) is 59.5 Å². The third-order valence-corrected chi connectivity index (χ3v) is 6.97. The topological polar surface area (TPSA) is 66.5 Å². The Labute approximate surface area is 165 Å². The highest BCUT2D eigenvalue weighted by Crippen LogP contribution is 2.27. The number of rotatable bonds is 7. The van der Waals surface area contributed by atoms with Crippen molar-refractivity contribution in [3.05, 3.63) is 66.0 Å². The second-order valence-electron chi connectivity index (χ2n) is 7.14. The van der Waals surface area contributed by atoms with Crippen LogP contribution in [0.2, 0.25) is 0 Å². The SMILES string of the molecule is C[C@H](CCc1ccccc1)NC(=O)[C@H]1CCCN1S(=O)(=O)c1ccccc1F. The van der Waals surface area contributed by atoms with Crippen molar-refractivity contribution in [3.8, 4) is 0 Å². The molecule has 2 aromatic rings. The second-order valence-corrected chi connectivity index (χ2v) is 9.00. The molecule has 0 saturated carbocycles. The van der Waals surface area contributed by atoms with Gasteiger partial charge in [0.25, 0.3) is 0 Å². The molecule has 1 aliphatic heterocycles. The summed E-state index contributed by atoms with van der Waals surface area (Å²) in [6, 6.07) is 14.4. The molecule has 2 atom stereocenters. The zero-order valence-corrected chi connectivity index (χ0v) is 16.7. The zero-order valence-electron chi connectivity index (χ0n) is 15.8. The first-order valence-corrected chi connectivity index (χ1v) is 10.9. The summed E-state index contributed by atoms with van der Waals surface area (Å²) in [5, 5.41) is 2.92. The maximum Gasteiger partial charge on any atom is 0.246 e. The number of carbonyl (C=O) groups excluding carboxylic acids is 1. The highest BCUT2D eigenvalue weighted by Gasteiger charge is 2.40. The largest absolute Gasteiger partial charge is 0.352 e. The third-order valence-electron chi connectivity index (χ3n) is 5.03. The summed E-state index contributed by atoms with van der Waals surface area (Å²) in [6.45, 7) is 2.12. The van der Waals surface area contributed by atoms with Crippen molar-refractivity contribution in [2.45, 2.75) is 49.6 Å². The molecule has 0 bridgehead atoms. The van der Waals surface area contributed by atoms with Crippen LogP contribution in [0.4, 0.5) is 4.39 Å². The summed E-state index contributed by atoms with van der Waals surface area (Å²) < 4.78 is 40.9. The van der Waals surface area contributed by atoms with E-state index < -0.39 is 21.9 Å². The smallest absolute Gasteiger partial charge is 0.246 e. The van der Waals surface area contributed by atoms with Gasteiger partial charge in [-0.1, -0.05) is 42.5 Å². The van der Waals surface area contributed by atoms with Gasteiger partial charge in [0, 0.05) is 12.6 Å². The van der Waals surface area contributed by atoms with Crippen molar-refractivity contribution in [1.82, 2.24) is 9.62 Å². The Morgan fingerprint density at radius 1 is 1.18 bits per heavy atom. The maximum absolute atomic E-state index is 14.0. The van der Waals surface area contributed by atoms with Crippen LogP contribution in [0.1, 0.15) is 31.7 Å². The van der Waals surface area contributed by atoms with E-state index in [4.69, 9.17) is 0 Å². The van der Waals surface area contributed by atoms with Crippen LogP contribution in [-0.2, 0) is 21.2 Å². The molecule has 0 radical (unpaired) electrons. The van der Waals surface area contributed by atoms with Crippen LogP contribution >= 0.6 is 0 Å². The molecule has 0 aliphatic carbocycles. The fraction of sp³-hybridized carbons (Fsp3) is 0.381. The summed E-state index contributed by atoms with van der Waals surface area (Å²) in [4.78, 5) is 12.3. The van der Waals surface area contributed by atoms with Gasteiger partial charge in [-0.15, -0.1) is 0 Å². The molecule has 1 heterocycles. The molecule has 1 N–H and O–H groups in total. The highest BCUT2D eigenvalue weighted by atomic mass is 32.2. The lowest BCUT2D eigenvalue weighted by atomic mass is 10.1. The minimum Gasteiger partial charge on any atom is -0.352 e. The molecule has 0 unspecified atom stereocenters. The van der Waals surface area contributed by atoms with Crippen molar-refractivity contribution in [2.75, 3.05) is 6.54 Å². The Balaban J connectivity index is 1.65. The number of nitrogens with one attached hydrogen (secondary N) is 1. The van der Waals surface area contributed by atoms with Crippen molar-refractivity contribution >= 4 is 15.9 Å². The van der Waals surface area contributed by atoms with Crippen LogP contribution < -0.4 is 5.32 Å². The molecule has 0 spiro atoms. The molecule has 1 amide bonds. The standard InChI is InChI=1S/C21H25FN2O3S/c1-16(13-14-17-8-3-2-4-9-17)23-21(25)19-11-7-15-24(19)28(26,27)20-12-6-5-10-18(20)22/h2-6,8-10,12,16,19H,7,11,13-15H2,1H3,(H,23,25)/t16-,19-/m1/s1. The van der Waals surface area contributed by atoms with Gasteiger partial charge in [-0.25, -0.2) is 12.8 Å². The Hall–Kier alpha value is -2.25. The average molecular weight is 405 g/mol. The van der Waals surface area contributed by atoms with E-state index in [1.54, 1.807) is 0 Å². The Bertz CT molecular complexity index is 918. The van der Waals surface area contributed by atoms with Crippen LogP contribution in [0.25, 0.3) is 0 Å². The first kappa shape index (κ1) is 20.5. The molecule has 7 heteroatoms. The number of sulfonamides is 1. The fourth-order valence-electron chi connectivity index (χ4n) is 3.51. The van der Waals surface area contributed by atoms with Gasteiger partial charge in [-0.3, -0.25) is 4.79 Å². The summed E-state index contributed by atoms with van der Waals surface area (Å²) in [6.07, 6.45) is 2.59. The fourth-order valence-corrected chi connectivity index (χ4v) is 5.23. The lowest BCUT2D eigenvalue weighted by Gasteiger charge is -2.25. The molecule has 5 nitrogen and oxygen atoms in total. The van der Waals surface area contributed by atoms with Crippen LogP contribution in [0, 0.1) is 5.82 Å². The van der Waals surface area contributed by atoms with Gasteiger partial charge in [-0.2, -0.15) is 4.31 Å². The maximum atomic E-state index is 14.0. The van der Waals surface area contributed by atoms with E-state index in [9.17, 15) is 17.6 Å². The van der Waals surface area contributed by atoms with E-state index >= 15 is 0 Å². The van der Waals surface area contributed by atoms with Gasteiger partial charge in [0.05, 0.1) is 0 Å². The van der Waals surface area contributed by atoms with Gasteiger partial charge in [0.2, 0.25) is 15.9 Å². The minimum atomic E-state index is -4.06. The third kappa shape index (κ3) is 4.59. The van der Waals surface area contributed by atoms with Gasteiger partial charge in [0.1, 0.15) is 16.8 Å². The zero-order chi connectivity index (χ0) is 20.1. The van der Waals surface area contributed by atoms with Crippen LogP contribution in [-0.4, -0.2) is 37.3 Å². The molecule has 1 fully saturated rings. The van der Waals surface area contributed by atoms with E-state index in [0.29, 0.717) is 12.8 Å². The van der Waals surface area contributed by atoms with Gasteiger partial charge < -0.3 is 5.32 Å². The molecule has 150 valence electrons. The second kappa shape index (κ2) is 8.84. The first-order chi connectivity index (χ1) is 13.4. The van der Waals surface area contributed by atoms with Crippen molar-refractivity contribution < 1.29 is 17.6 Å². The van der Waals surface area contributed by atoms with Gasteiger partial charge in [0.15, 0.2) is 0 Å². The quantitative estimate of drug-likeness (QED) is 0.771. The van der Waals surface area contributed by atoms with Crippen molar-refractivity contribution in [1.29, 1.82) is 0 Å². The van der Waals surface area contributed by atoms with Crippen molar-refractivity contribution in [3.63, 3.8) is 0 Å². The number of amides is 1. The Morgan fingerprint density at radius 2 is 1.86 bits per heavy atom. The van der Waals surface area contributed by atoms with Crippen LogP contribution in [0.5, 0.6) is 0 Å². The Kier molecular flexibility index (Phi) is 6.46. The predicted octanol–water partition coefficient (Wildman–Crippen LogP) is 3.12. The predicted molar refractivity (Wildman–Crippen MR) is 106 cm³/mol. The molecule has 2 aromatic carbocycles. The van der Waals surface area contributed by atoms with E-state index in [-0.39, 0.29) is 23.4 Å². The van der Waals surface area contributed by atoms with Gasteiger partial charge >= 0.3 is 0 Å². The lowest BCUT2D eigenvalue weighted by Crippen LogP contribution is -2.48. The van der Waals surface area contributed by atoms with Crippen molar-refractivity contribution in [2.24, 2.45) is 0 Å². The lowest BCUT2D eigenvalue weighted by molar-refractivity contribution is -0.124. The summed E-state index contributed by atoms with van der Waals surface area (Å²) in [5.41, 5.74) is 1.19. The molecular weight excluding hydrogens is 379 g/mol. The first-order valence-electron chi connectivity index (χ1n) is 9.50. The summed E-state index contributed by atoms with van der Waals surface area (Å²) >= 11 is 0. The molecule has 28 heavy (non-hydrogen) atoms. The summed E-state index contributed by atoms with van der Waals surface area (Å²) in [5.74, 6) is -1.12. The molecule has 1 aliphatic rings. The van der Waals surface area contributed by atoms with E-state index in [1.165, 1.54) is 23.8 Å². The number of halogens is 1. The van der Waals surface area contributed by atoms with Gasteiger partial charge in [-0.05, 0) is 50.3 Å². The number of carbonyl (C=O) groups is 1. The highest BCUT2D eigenvalue weighted by molar-refractivity contribution is 7.89. The summed E-state index contributed by atoms with van der Waals surface area (Å²) in [7, 11) is -4.06. The number of benzene rings is 2.